The highest BCUT2D eigenvalue weighted by atomic mass is 35.5. The largest absolute Gasteiger partial charge is 0.477 e. The van der Waals surface area contributed by atoms with Crippen molar-refractivity contribution in [2.75, 3.05) is 5.32 Å². The van der Waals surface area contributed by atoms with Gasteiger partial charge in [-0.3, -0.25) is 4.79 Å². The highest BCUT2D eigenvalue weighted by molar-refractivity contribution is 6.44. The number of aromatic nitrogens is 1. The van der Waals surface area contributed by atoms with Crippen molar-refractivity contribution in [3.8, 4) is 0 Å². The maximum atomic E-state index is 12.0. The summed E-state index contributed by atoms with van der Waals surface area (Å²) in [6, 6.07) is 8.93. The lowest BCUT2D eigenvalue weighted by Gasteiger charge is -2.08. The summed E-state index contributed by atoms with van der Waals surface area (Å²) in [5, 5.41) is 11.9. The van der Waals surface area contributed by atoms with Crippen LogP contribution in [-0.2, 0) is 0 Å². The molecule has 2 rings (SSSR count). The molecule has 2 N–H and O–H groups in total. The molecule has 102 valence electrons. The van der Waals surface area contributed by atoms with E-state index in [0.717, 1.165) is 0 Å². The van der Waals surface area contributed by atoms with Crippen LogP contribution in [0.25, 0.3) is 0 Å². The Labute approximate surface area is 124 Å². The summed E-state index contributed by atoms with van der Waals surface area (Å²) in [6.07, 6.45) is 0. The Balaban J connectivity index is 2.26. The molecule has 0 aliphatic carbocycles. The average molecular weight is 311 g/mol. The Kier molecular flexibility index (Phi) is 4.22. The van der Waals surface area contributed by atoms with Gasteiger partial charge in [-0.05, 0) is 24.3 Å². The minimum atomic E-state index is -1.21. The van der Waals surface area contributed by atoms with E-state index in [-0.39, 0.29) is 16.4 Å². The third-order valence-electron chi connectivity index (χ3n) is 2.40. The van der Waals surface area contributed by atoms with Gasteiger partial charge in [0.05, 0.1) is 15.7 Å². The maximum absolute atomic E-state index is 12.0. The van der Waals surface area contributed by atoms with Crippen LogP contribution in [0.15, 0.2) is 36.4 Å². The molecule has 1 amide bonds. The van der Waals surface area contributed by atoms with E-state index in [4.69, 9.17) is 28.3 Å². The summed E-state index contributed by atoms with van der Waals surface area (Å²) in [7, 11) is 0. The zero-order chi connectivity index (χ0) is 14.7. The summed E-state index contributed by atoms with van der Waals surface area (Å²) in [6.45, 7) is 0. The second-order valence-corrected chi connectivity index (χ2v) is 4.55. The number of nitrogens with zero attached hydrogens (tertiary/aromatic N) is 1. The molecule has 0 atom stereocenters. The van der Waals surface area contributed by atoms with E-state index < -0.39 is 11.9 Å². The first-order chi connectivity index (χ1) is 9.49. The molecular weight excluding hydrogens is 303 g/mol. The number of hydrogen-bond donors (Lipinski definition) is 2. The van der Waals surface area contributed by atoms with Crippen molar-refractivity contribution in [3.05, 3.63) is 57.8 Å². The zero-order valence-corrected chi connectivity index (χ0v) is 11.4. The zero-order valence-electron chi connectivity index (χ0n) is 9.93. The summed E-state index contributed by atoms with van der Waals surface area (Å²) in [4.78, 5) is 26.5. The van der Waals surface area contributed by atoms with Crippen molar-refractivity contribution in [3.63, 3.8) is 0 Å². The lowest BCUT2D eigenvalue weighted by atomic mass is 10.2. The standard InChI is InChI=1S/C13H8Cl2N2O3/c14-7-3-1-4-8(11(7)15)17-12(18)9-5-2-6-10(16-9)13(19)20/h1-6H,(H,17,18)(H,19,20). The molecular formula is C13H8Cl2N2O3. The highest BCUT2D eigenvalue weighted by Gasteiger charge is 2.13. The molecule has 7 heteroatoms. The fourth-order valence-corrected chi connectivity index (χ4v) is 1.81. The molecule has 0 saturated carbocycles. The van der Waals surface area contributed by atoms with Gasteiger partial charge in [-0.1, -0.05) is 35.3 Å². The van der Waals surface area contributed by atoms with E-state index >= 15 is 0 Å². The summed E-state index contributed by atoms with van der Waals surface area (Å²) in [5.41, 5.74) is 0.0856. The number of carbonyl (C=O) groups is 2. The van der Waals surface area contributed by atoms with Crippen molar-refractivity contribution in [1.82, 2.24) is 4.98 Å². The molecule has 0 unspecified atom stereocenters. The van der Waals surface area contributed by atoms with E-state index in [2.05, 4.69) is 10.3 Å². The van der Waals surface area contributed by atoms with Crippen LogP contribution < -0.4 is 5.32 Å². The molecule has 5 nitrogen and oxygen atoms in total. The van der Waals surface area contributed by atoms with Gasteiger partial charge >= 0.3 is 5.97 Å². The molecule has 1 heterocycles. The third kappa shape index (κ3) is 3.07. The number of amides is 1. The number of carboxylic acid groups (broad SMARTS) is 1. The second-order valence-electron chi connectivity index (χ2n) is 3.77. The molecule has 0 bridgehead atoms. The first-order valence-electron chi connectivity index (χ1n) is 5.45. The summed E-state index contributed by atoms with van der Waals surface area (Å²) >= 11 is 11.8. The average Bonchev–Trinajstić information content (AvgIpc) is 2.44. The van der Waals surface area contributed by atoms with Crippen LogP contribution in [0.4, 0.5) is 5.69 Å². The van der Waals surface area contributed by atoms with Gasteiger partial charge < -0.3 is 10.4 Å². The Morgan fingerprint density at radius 2 is 1.70 bits per heavy atom. The molecule has 1 aromatic heterocycles. The Bertz CT molecular complexity index is 689. The van der Waals surface area contributed by atoms with E-state index in [1.54, 1.807) is 18.2 Å². The number of benzene rings is 1. The number of halogens is 2. The SMILES string of the molecule is O=C(O)c1cccc(C(=O)Nc2cccc(Cl)c2Cl)n1. The normalized spacial score (nSPS) is 10.1. The number of carboxylic acids is 1. The predicted molar refractivity (Wildman–Crippen MR) is 75.6 cm³/mol. The van der Waals surface area contributed by atoms with Crippen LogP contribution in [0.2, 0.25) is 10.0 Å². The van der Waals surface area contributed by atoms with E-state index in [0.29, 0.717) is 10.7 Å². The number of pyridine rings is 1. The van der Waals surface area contributed by atoms with Gasteiger partial charge in [-0.15, -0.1) is 0 Å². The van der Waals surface area contributed by atoms with Gasteiger partial charge in [-0.25, -0.2) is 9.78 Å². The smallest absolute Gasteiger partial charge is 0.354 e. The molecule has 0 saturated heterocycles. The van der Waals surface area contributed by atoms with Gasteiger partial charge in [0, 0.05) is 0 Å². The minimum Gasteiger partial charge on any atom is -0.477 e. The van der Waals surface area contributed by atoms with Crippen molar-refractivity contribution in [2.45, 2.75) is 0 Å². The number of nitrogens with one attached hydrogen (secondary N) is 1. The molecule has 1 aromatic carbocycles. The molecule has 20 heavy (non-hydrogen) atoms. The van der Waals surface area contributed by atoms with Crippen LogP contribution in [-0.4, -0.2) is 22.0 Å². The van der Waals surface area contributed by atoms with Gasteiger partial charge in [0.2, 0.25) is 0 Å². The quantitative estimate of drug-likeness (QED) is 0.911. The lowest BCUT2D eigenvalue weighted by molar-refractivity contribution is 0.0690. The highest BCUT2D eigenvalue weighted by Crippen LogP contribution is 2.29. The van der Waals surface area contributed by atoms with Crippen molar-refractivity contribution in [1.29, 1.82) is 0 Å². The summed E-state index contributed by atoms with van der Waals surface area (Å²) < 4.78 is 0. The first kappa shape index (κ1) is 14.3. The van der Waals surface area contributed by atoms with E-state index in [1.165, 1.54) is 18.2 Å². The Morgan fingerprint density at radius 3 is 2.40 bits per heavy atom. The van der Waals surface area contributed by atoms with Crippen molar-refractivity contribution in [2.24, 2.45) is 0 Å². The fourth-order valence-electron chi connectivity index (χ4n) is 1.47. The van der Waals surface area contributed by atoms with Crippen molar-refractivity contribution >= 4 is 40.8 Å². The maximum Gasteiger partial charge on any atom is 0.354 e. The van der Waals surface area contributed by atoms with Crippen LogP contribution in [0.5, 0.6) is 0 Å². The van der Waals surface area contributed by atoms with Crippen LogP contribution >= 0.6 is 23.2 Å². The van der Waals surface area contributed by atoms with Gasteiger partial charge in [0.15, 0.2) is 0 Å². The Hall–Kier alpha value is -2.11. The van der Waals surface area contributed by atoms with Crippen LogP contribution in [0.1, 0.15) is 21.0 Å². The number of aromatic carboxylic acids is 1. The molecule has 0 radical (unpaired) electrons. The molecule has 0 fully saturated rings. The number of anilines is 1. The van der Waals surface area contributed by atoms with Gasteiger partial charge in [0.1, 0.15) is 11.4 Å². The number of carbonyl (C=O) groups excluding carboxylic acids is 1. The molecule has 0 spiro atoms. The van der Waals surface area contributed by atoms with Crippen LogP contribution in [0.3, 0.4) is 0 Å². The lowest BCUT2D eigenvalue weighted by Crippen LogP contribution is -2.15. The summed E-state index contributed by atoms with van der Waals surface area (Å²) in [5.74, 6) is -1.78. The van der Waals surface area contributed by atoms with Crippen LogP contribution in [0, 0.1) is 0 Å². The predicted octanol–water partition coefficient (Wildman–Crippen LogP) is 3.34. The second kappa shape index (κ2) is 5.90. The molecule has 0 aliphatic heterocycles. The Morgan fingerprint density at radius 1 is 1.05 bits per heavy atom. The number of hydrogen-bond acceptors (Lipinski definition) is 3. The monoisotopic (exact) mass is 310 g/mol. The van der Waals surface area contributed by atoms with Crippen molar-refractivity contribution < 1.29 is 14.7 Å². The number of rotatable bonds is 3. The van der Waals surface area contributed by atoms with Gasteiger partial charge in [0.25, 0.3) is 5.91 Å². The minimum absolute atomic E-state index is 0.0269. The van der Waals surface area contributed by atoms with E-state index in [1.807, 2.05) is 0 Å². The fraction of sp³-hybridized carbons (Fsp3) is 0. The third-order valence-corrected chi connectivity index (χ3v) is 3.22. The van der Waals surface area contributed by atoms with E-state index in [9.17, 15) is 9.59 Å². The topological polar surface area (TPSA) is 79.3 Å². The molecule has 2 aromatic rings. The first-order valence-corrected chi connectivity index (χ1v) is 6.20. The molecule has 0 aliphatic rings. The van der Waals surface area contributed by atoms with Gasteiger partial charge in [-0.2, -0.15) is 0 Å².